The molecule has 198 valence electrons. The summed E-state index contributed by atoms with van der Waals surface area (Å²) in [6.45, 7) is 3.56. The molecule has 11 heteroatoms. The largest absolute Gasteiger partial charge is 0.417 e. The summed E-state index contributed by atoms with van der Waals surface area (Å²) in [5, 5.41) is 9.87. The molecule has 1 aromatic carbocycles. The summed E-state index contributed by atoms with van der Waals surface area (Å²) in [5.74, 6) is -0.712. The number of benzene rings is 1. The molecule has 2 aliphatic heterocycles. The van der Waals surface area contributed by atoms with Crippen molar-refractivity contribution in [2.45, 2.75) is 63.8 Å². The van der Waals surface area contributed by atoms with Gasteiger partial charge in [-0.05, 0) is 55.7 Å². The van der Waals surface area contributed by atoms with Crippen LogP contribution in [0.25, 0.3) is 0 Å². The highest BCUT2D eigenvalue weighted by molar-refractivity contribution is 6.31. The molecular formula is C25H31ClF3N3O4. The lowest BCUT2D eigenvalue weighted by molar-refractivity contribution is -0.150. The SMILES string of the molecule is C[C@H]1C(=O)N(CCCC(=O)N2CCC3(CC3)[C@H](O)C2)CCN1C(=O)Cc1ccc(Cl)c(C(F)(F)F)c1. The first-order valence-electron chi connectivity index (χ1n) is 12.3. The lowest BCUT2D eigenvalue weighted by atomic mass is 9.90. The Balaban J connectivity index is 1.25. The molecule has 36 heavy (non-hydrogen) atoms. The molecule has 1 aromatic rings. The Morgan fingerprint density at radius 3 is 2.50 bits per heavy atom. The smallest absolute Gasteiger partial charge is 0.391 e. The molecule has 3 fully saturated rings. The van der Waals surface area contributed by atoms with Crippen molar-refractivity contribution < 1.29 is 32.7 Å². The maximum absolute atomic E-state index is 13.1. The van der Waals surface area contributed by atoms with Crippen LogP contribution < -0.4 is 0 Å². The third kappa shape index (κ3) is 5.64. The van der Waals surface area contributed by atoms with Gasteiger partial charge >= 0.3 is 6.18 Å². The van der Waals surface area contributed by atoms with Crippen molar-refractivity contribution in [1.29, 1.82) is 0 Å². The fourth-order valence-electron chi connectivity index (χ4n) is 5.24. The number of likely N-dealkylation sites (tertiary alicyclic amines) is 1. The van der Waals surface area contributed by atoms with E-state index in [0.717, 1.165) is 31.4 Å². The monoisotopic (exact) mass is 529 g/mol. The molecule has 3 aliphatic rings. The molecule has 1 spiro atoms. The quantitative estimate of drug-likeness (QED) is 0.614. The minimum atomic E-state index is -4.63. The molecule has 1 N–H and O–H groups in total. The molecule has 3 amide bonds. The van der Waals surface area contributed by atoms with E-state index in [0.29, 0.717) is 32.6 Å². The number of piperidine rings is 1. The first-order chi connectivity index (χ1) is 16.9. The number of aliphatic hydroxyl groups is 1. The van der Waals surface area contributed by atoms with Crippen molar-refractivity contribution in [3.8, 4) is 0 Å². The van der Waals surface area contributed by atoms with Gasteiger partial charge in [-0.1, -0.05) is 17.7 Å². The molecule has 2 heterocycles. The Labute approximate surface area is 213 Å². The van der Waals surface area contributed by atoms with Crippen LogP contribution in [0.2, 0.25) is 5.02 Å². The molecule has 7 nitrogen and oxygen atoms in total. The van der Waals surface area contributed by atoms with E-state index in [1.807, 2.05) is 0 Å². The number of nitrogens with zero attached hydrogens (tertiary/aromatic N) is 3. The van der Waals surface area contributed by atoms with Crippen LogP contribution in [-0.2, 0) is 27.0 Å². The Morgan fingerprint density at radius 1 is 1.14 bits per heavy atom. The number of amides is 3. The van der Waals surface area contributed by atoms with Gasteiger partial charge in [-0.25, -0.2) is 0 Å². The zero-order valence-corrected chi connectivity index (χ0v) is 20.9. The molecule has 0 unspecified atom stereocenters. The molecule has 2 saturated heterocycles. The van der Waals surface area contributed by atoms with Gasteiger partial charge in [0.1, 0.15) is 6.04 Å². The number of carbonyl (C=O) groups is 3. The number of hydrogen-bond acceptors (Lipinski definition) is 4. The average molecular weight is 530 g/mol. The van der Waals surface area contributed by atoms with E-state index in [2.05, 4.69) is 0 Å². The van der Waals surface area contributed by atoms with Gasteiger partial charge in [0.2, 0.25) is 17.7 Å². The van der Waals surface area contributed by atoms with Gasteiger partial charge in [0, 0.05) is 39.1 Å². The van der Waals surface area contributed by atoms with Crippen molar-refractivity contribution in [3.63, 3.8) is 0 Å². The topological polar surface area (TPSA) is 81.2 Å². The van der Waals surface area contributed by atoms with E-state index in [9.17, 15) is 32.7 Å². The van der Waals surface area contributed by atoms with Crippen LogP contribution in [0.3, 0.4) is 0 Å². The van der Waals surface area contributed by atoms with Gasteiger partial charge in [-0.3, -0.25) is 14.4 Å². The number of carbonyl (C=O) groups excluding carboxylic acids is 3. The highest BCUT2D eigenvalue weighted by Gasteiger charge is 2.51. The number of alkyl halides is 3. The van der Waals surface area contributed by atoms with E-state index >= 15 is 0 Å². The Bertz CT molecular complexity index is 1030. The Morgan fingerprint density at radius 2 is 1.86 bits per heavy atom. The van der Waals surface area contributed by atoms with E-state index in [1.54, 1.807) is 16.7 Å². The molecule has 1 saturated carbocycles. The van der Waals surface area contributed by atoms with Crippen LogP contribution in [0.1, 0.15) is 50.2 Å². The Hall–Kier alpha value is -2.33. The van der Waals surface area contributed by atoms with Crippen LogP contribution in [0.5, 0.6) is 0 Å². The van der Waals surface area contributed by atoms with Gasteiger partial charge < -0.3 is 19.8 Å². The standard InChI is InChI=1S/C25H31ClF3N3O4/c1-16-23(36)30(9-2-3-21(34)31-10-8-24(6-7-24)20(33)15-31)11-12-32(16)22(35)14-17-4-5-19(26)18(13-17)25(27,28)29/h4-5,13,16,20,33H,2-3,6-12,14-15H2,1H3/t16-,20+/m0/s1. The molecule has 1 aliphatic carbocycles. The van der Waals surface area contributed by atoms with E-state index in [-0.39, 0.29) is 42.2 Å². The maximum Gasteiger partial charge on any atom is 0.417 e. The number of aliphatic hydroxyl groups excluding tert-OH is 1. The van der Waals surface area contributed by atoms with Crippen LogP contribution in [0, 0.1) is 5.41 Å². The molecule has 0 aromatic heterocycles. The van der Waals surface area contributed by atoms with E-state index < -0.39 is 34.8 Å². The summed E-state index contributed by atoms with van der Waals surface area (Å²) >= 11 is 5.65. The van der Waals surface area contributed by atoms with E-state index in [4.69, 9.17) is 11.6 Å². The summed E-state index contributed by atoms with van der Waals surface area (Å²) in [6, 6.07) is 2.62. The number of halogens is 4. The third-order valence-electron chi connectivity index (χ3n) is 7.80. The number of β-amino-alcohol motifs (C(OH)–C–C–N with tert-alkyl or cyclic N) is 1. The van der Waals surface area contributed by atoms with Gasteiger partial charge in [0.15, 0.2) is 0 Å². The van der Waals surface area contributed by atoms with Crippen LogP contribution >= 0.6 is 11.6 Å². The summed E-state index contributed by atoms with van der Waals surface area (Å²) < 4.78 is 39.4. The fourth-order valence-corrected chi connectivity index (χ4v) is 5.46. The molecule has 2 atom stereocenters. The second-order valence-electron chi connectivity index (χ2n) is 10.1. The lowest BCUT2D eigenvalue weighted by Gasteiger charge is -2.39. The summed E-state index contributed by atoms with van der Waals surface area (Å²) in [7, 11) is 0. The van der Waals surface area contributed by atoms with Gasteiger partial charge in [0.05, 0.1) is 23.1 Å². The minimum absolute atomic E-state index is 0.0277. The number of piperazine rings is 1. The van der Waals surface area contributed by atoms with Crippen molar-refractivity contribution in [1.82, 2.24) is 14.7 Å². The van der Waals surface area contributed by atoms with Crippen molar-refractivity contribution in [3.05, 3.63) is 34.3 Å². The van der Waals surface area contributed by atoms with Crippen LogP contribution in [0.4, 0.5) is 13.2 Å². The lowest BCUT2D eigenvalue weighted by Crippen LogP contribution is -2.58. The first kappa shape index (κ1) is 26.7. The summed E-state index contributed by atoms with van der Waals surface area (Å²) in [5.41, 5.74) is -0.790. The highest BCUT2D eigenvalue weighted by Crippen LogP contribution is 2.53. The van der Waals surface area contributed by atoms with Gasteiger partial charge in [-0.2, -0.15) is 13.2 Å². The van der Waals surface area contributed by atoms with Gasteiger partial charge in [-0.15, -0.1) is 0 Å². The number of hydrogen-bond donors (Lipinski definition) is 1. The summed E-state index contributed by atoms with van der Waals surface area (Å²) in [6.07, 6.45) is -1.71. The second kappa shape index (κ2) is 10.2. The number of rotatable bonds is 6. The van der Waals surface area contributed by atoms with Gasteiger partial charge in [0.25, 0.3) is 0 Å². The minimum Gasteiger partial charge on any atom is -0.391 e. The van der Waals surface area contributed by atoms with Crippen LogP contribution in [0.15, 0.2) is 18.2 Å². The Kier molecular flexibility index (Phi) is 7.57. The zero-order chi connectivity index (χ0) is 26.3. The van der Waals surface area contributed by atoms with Crippen LogP contribution in [-0.4, -0.2) is 82.4 Å². The van der Waals surface area contributed by atoms with Crippen molar-refractivity contribution >= 4 is 29.3 Å². The summed E-state index contributed by atoms with van der Waals surface area (Å²) in [4.78, 5) is 42.9. The fraction of sp³-hybridized carbons (Fsp3) is 0.640. The average Bonchev–Trinajstić information content (AvgIpc) is 3.59. The van der Waals surface area contributed by atoms with E-state index in [1.165, 1.54) is 11.0 Å². The molecule has 4 rings (SSSR count). The second-order valence-corrected chi connectivity index (χ2v) is 10.6. The van der Waals surface area contributed by atoms with Crippen molar-refractivity contribution in [2.24, 2.45) is 5.41 Å². The molecule has 0 radical (unpaired) electrons. The van der Waals surface area contributed by atoms with Crippen molar-refractivity contribution in [2.75, 3.05) is 32.7 Å². The predicted octanol–water partition coefficient (Wildman–Crippen LogP) is 3.11. The molecule has 0 bridgehead atoms. The highest BCUT2D eigenvalue weighted by atomic mass is 35.5. The third-order valence-corrected chi connectivity index (χ3v) is 8.13. The zero-order valence-electron chi connectivity index (χ0n) is 20.2. The predicted molar refractivity (Wildman–Crippen MR) is 126 cm³/mol. The maximum atomic E-state index is 13.1. The molecular weight excluding hydrogens is 499 g/mol. The first-order valence-corrected chi connectivity index (χ1v) is 12.7. The normalized spacial score (nSPS) is 23.8.